The molecule has 2 aromatic carbocycles. The Morgan fingerprint density at radius 2 is 1.64 bits per heavy atom. The minimum atomic E-state index is -0.162. The van der Waals surface area contributed by atoms with E-state index in [1.54, 1.807) is 17.8 Å². The summed E-state index contributed by atoms with van der Waals surface area (Å²) < 4.78 is 15.4. The molecule has 0 aliphatic heterocycles. The predicted octanol–water partition coefficient (Wildman–Crippen LogP) is 6.41. The van der Waals surface area contributed by atoms with Crippen molar-refractivity contribution in [2.45, 2.75) is 26.7 Å². The molecule has 3 aromatic rings. The van der Waals surface area contributed by atoms with E-state index in [-0.39, 0.29) is 5.83 Å². The number of hydrogen-bond donors (Lipinski definition) is 0. The number of hydrogen-bond acceptors (Lipinski definition) is 2. The summed E-state index contributed by atoms with van der Waals surface area (Å²) >= 11 is 0. The largest absolute Gasteiger partial charge is 0.298 e. The van der Waals surface area contributed by atoms with E-state index in [9.17, 15) is 9.18 Å². The van der Waals surface area contributed by atoms with Crippen molar-refractivity contribution >= 4 is 11.9 Å². The SMILES string of the molecule is C/C=C(/F)CC/C(=C\C)c1c(C=O)cnn1-c1ccc(-c2ccccc2)cc1. The molecule has 0 spiro atoms. The van der Waals surface area contributed by atoms with Gasteiger partial charge in [0.15, 0.2) is 6.29 Å². The molecule has 0 aliphatic carbocycles. The third kappa shape index (κ3) is 4.17. The van der Waals surface area contributed by atoms with Crippen molar-refractivity contribution in [3.63, 3.8) is 0 Å². The molecule has 0 unspecified atom stereocenters. The number of aromatic nitrogens is 2. The number of nitrogens with zero attached hydrogens (tertiary/aromatic N) is 2. The molecule has 28 heavy (non-hydrogen) atoms. The Labute approximate surface area is 164 Å². The molecular formula is C24H23FN2O. The topological polar surface area (TPSA) is 34.9 Å². The Morgan fingerprint density at radius 1 is 0.964 bits per heavy atom. The van der Waals surface area contributed by atoms with Gasteiger partial charge in [-0.25, -0.2) is 9.07 Å². The highest BCUT2D eigenvalue weighted by molar-refractivity contribution is 5.84. The second-order valence-electron chi connectivity index (χ2n) is 6.44. The van der Waals surface area contributed by atoms with Gasteiger partial charge in [0.25, 0.3) is 0 Å². The molecule has 0 aliphatic rings. The first kappa shape index (κ1) is 19.5. The number of halogens is 1. The molecule has 3 nitrogen and oxygen atoms in total. The van der Waals surface area contributed by atoms with Crippen LogP contribution in [-0.4, -0.2) is 16.1 Å². The van der Waals surface area contributed by atoms with Gasteiger partial charge < -0.3 is 0 Å². The Kier molecular flexibility index (Phi) is 6.33. The van der Waals surface area contributed by atoms with Crippen LogP contribution >= 0.6 is 0 Å². The lowest BCUT2D eigenvalue weighted by molar-refractivity contribution is 0.112. The van der Waals surface area contributed by atoms with Crippen molar-refractivity contribution < 1.29 is 9.18 Å². The number of rotatable bonds is 7. The second-order valence-corrected chi connectivity index (χ2v) is 6.44. The lowest BCUT2D eigenvalue weighted by atomic mass is 10.0. The third-order valence-corrected chi connectivity index (χ3v) is 4.74. The lowest BCUT2D eigenvalue weighted by Gasteiger charge is -2.12. The monoisotopic (exact) mass is 374 g/mol. The average molecular weight is 374 g/mol. The number of carbonyl (C=O) groups excluding carboxylic acids is 1. The van der Waals surface area contributed by atoms with Crippen LogP contribution in [0.5, 0.6) is 0 Å². The van der Waals surface area contributed by atoms with E-state index in [2.05, 4.69) is 17.2 Å². The summed E-state index contributed by atoms with van der Waals surface area (Å²) in [5.41, 5.74) is 5.21. The molecule has 0 saturated carbocycles. The van der Waals surface area contributed by atoms with Crippen molar-refractivity contribution in [1.29, 1.82) is 0 Å². The molecule has 142 valence electrons. The molecule has 0 bridgehead atoms. The van der Waals surface area contributed by atoms with Gasteiger partial charge >= 0.3 is 0 Å². The van der Waals surface area contributed by atoms with Crippen LogP contribution in [-0.2, 0) is 0 Å². The van der Waals surface area contributed by atoms with Gasteiger partial charge in [0.1, 0.15) is 0 Å². The van der Waals surface area contributed by atoms with Gasteiger partial charge in [-0.3, -0.25) is 4.79 Å². The van der Waals surface area contributed by atoms with Crippen LogP contribution in [0.2, 0.25) is 0 Å². The van der Waals surface area contributed by atoms with E-state index in [1.165, 1.54) is 6.08 Å². The summed E-state index contributed by atoms with van der Waals surface area (Å²) in [6.07, 6.45) is 6.54. The lowest BCUT2D eigenvalue weighted by Crippen LogP contribution is -2.04. The van der Waals surface area contributed by atoms with E-state index in [0.717, 1.165) is 28.7 Å². The molecule has 4 heteroatoms. The summed E-state index contributed by atoms with van der Waals surface area (Å²) in [5, 5.41) is 4.41. The first-order valence-electron chi connectivity index (χ1n) is 9.33. The quantitative estimate of drug-likeness (QED) is 0.448. The van der Waals surface area contributed by atoms with E-state index in [4.69, 9.17) is 0 Å². The maximum Gasteiger partial charge on any atom is 0.153 e. The van der Waals surface area contributed by atoms with E-state index >= 15 is 0 Å². The normalized spacial score (nSPS) is 12.2. The standard InChI is InChI=1S/C24H23FN2O/c1-3-18(10-13-22(25)4-2)24-21(17-28)16-26-27(24)23-14-11-20(12-15-23)19-8-6-5-7-9-19/h3-9,11-12,14-17H,10,13H2,1-2H3/b18-3+,22-4+. The Morgan fingerprint density at radius 3 is 2.25 bits per heavy atom. The minimum absolute atomic E-state index is 0.162. The summed E-state index contributed by atoms with van der Waals surface area (Å²) in [6.45, 7) is 3.58. The fourth-order valence-electron chi connectivity index (χ4n) is 3.19. The average Bonchev–Trinajstić information content (AvgIpc) is 3.18. The zero-order valence-corrected chi connectivity index (χ0v) is 16.1. The maximum atomic E-state index is 13.6. The predicted molar refractivity (Wildman–Crippen MR) is 112 cm³/mol. The fraction of sp³-hybridized carbons (Fsp3) is 0.167. The number of allylic oxidation sites excluding steroid dienone is 4. The first-order chi connectivity index (χ1) is 13.7. The zero-order chi connectivity index (χ0) is 19.9. The smallest absolute Gasteiger partial charge is 0.153 e. The molecule has 1 heterocycles. The molecule has 0 atom stereocenters. The number of carbonyl (C=O) groups is 1. The van der Waals surface area contributed by atoms with Crippen LogP contribution in [0.3, 0.4) is 0 Å². The van der Waals surface area contributed by atoms with Crippen molar-refractivity contribution in [3.8, 4) is 16.8 Å². The molecule has 0 N–H and O–H groups in total. The summed E-state index contributed by atoms with van der Waals surface area (Å²) in [6, 6.07) is 18.2. The van der Waals surface area contributed by atoms with E-state index in [0.29, 0.717) is 24.1 Å². The summed E-state index contributed by atoms with van der Waals surface area (Å²) in [4.78, 5) is 11.6. The number of benzene rings is 2. The van der Waals surface area contributed by atoms with Crippen LogP contribution < -0.4 is 0 Å². The second kappa shape index (κ2) is 9.09. The minimum Gasteiger partial charge on any atom is -0.298 e. The van der Waals surface area contributed by atoms with Crippen LogP contribution in [0.25, 0.3) is 22.4 Å². The molecular weight excluding hydrogens is 351 g/mol. The molecule has 0 amide bonds. The zero-order valence-electron chi connectivity index (χ0n) is 16.1. The molecule has 0 saturated heterocycles. The van der Waals surface area contributed by atoms with Crippen LogP contribution in [0.4, 0.5) is 4.39 Å². The summed E-state index contributed by atoms with van der Waals surface area (Å²) in [5.74, 6) is -0.162. The first-order valence-corrected chi connectivity index (χ1v) is 9.33. The molecule has 3 rings (SSSR count). The van der Waals surface area contributed by atoms with Crippen molar-refractivity contribution in [3.05, 3.63) is 90.0 Å². The van der Waals surface area contributed by atoms with Crippen LogP contribution in [0, 0.1) is 0 Å². The van der Waals surface area contributed by atoms with Crippen molar-refractivity contribution in [2.24, 2.45) is 0 Å². The van der Waals surface area contributed by atoms with Crippen molar-refractivity contribution in [2.75, 3.05) is 0 Å². The van der Waals surface area contributed by atoms with Gasteiger partial charge in [0.05, 0.1) is 29.0 Å². The highest BCUT2D eigenvalue weighted by Crippen LogP contribution is 2.28. The van der Waals surface area contributed by atoms with Gasteiger partial charge in [-0.15, -0.1) is 0 Å². The van der Waals surface area contributed by atoms with Gasteiger partial charge in [0, 0.05) is 6.42 Å². The molecule has 0 fully saturated rings. The van der Waals surface area contributed by atoms with Gasteiger partial charge in [-0.05, 0) is 49.1 Å². The van der Waals surface area contributed by atoms with E-state index in [1.807, 2.05) is 55.5 Å². The molecule has 0 radical (unpaired) electrons. The van der Waals surface area contributed by atoms with Gasteiger partial charge in [-0.1, -0.05) is 54.6 Å². The number of aldehydes is 1. The molecule has 1 aromatic heterocycles. The van der Waals surface area contributed by atoms with E-state index < -0.39 is 0 Å². The third-order valence-electron chi connectivity index (χ3n) is 4.74. The maximum absolute atomic E-state index is 13.6. The highest BCUT2D eigenvalue weighted by atomic mass is 19.1. The Bertz CT molecular complexity index is 999. The van der Waals surface area contributed by atoms with Gasteiger partial charge in [-0.2, -0.15) is 5.10 Å². The van der Waals surface area contributed by atoms with Gasteiger partial charge in [0.2, 0.25) is 0 Å². The van der Waals surface area contributed by atoms with Crippen LogP contribution in [0.15, 0.2) is 78.8 Å². The Hall–Kier alpha value is -3.27. The fourth-order valence-corrected chi connectivity index (χ4v) is 3.19. The van der Waals surface area contributed by atoms with Crippen LogP contribution in [0.1, 0.15) is 42.7 Å². The highest BCUT2D eigenvalue weighted by Gasteiger charge is 2.16. The summed E-state index contributed by atoms with van der Waals surface area (Å²) in [7, 11) is 0. The van der Waals surface area contributed by atoms with Crippen molar-refractivity contribution in [1.82, 2.24) is 9.78 Å². The Balaban J connectivity index is 1.96.